The van der Waals surface area contributed by atoms with Crippen molar-refractivity contribution in [3.05, 3.63) is 69.5 Å². The minimum atomic E-state index is -0.347. The third kappa shape index (κ3) is 2.50. The van der Waals surface area contributed by atoms with Crippen molar-refractivity contribution in [2.45, 2.75) is 19.8 Å². The molecule has 0 aliphatic rings. The Balaban J connectivity index is 2.38. The van der Waals surface area contributed by atoms with Gasteiger partial charge in [0.15, 0.2) is 0 Å². The zero-order chi connectivity index (χ0) is 15.7. The van der Waals surface area contributed by atoms with E-state index in [0.29, 0.717) is 33.9 Å². The fraction of sp³-hybridized carbons (Fsp3) is 0.176. The Kier molecular flexibility index (Phi) is 3.94. The van der Waals surface area contributed by atoms with Gasteiger partial charge < -0.3 is 0 Å². The molecule has 0 saturated heterocycles. The van der Waals surface area contributed by atoms with Crippen LogP contribution in [0.25, 0.3) is 16.6 Å². The number of hydrogen-bond donors (Lipinski definition) is 0. The van der Waals surface area contributed by atoms with E-state index in [0.717, 1.165) is 6.42 Å². The van der Waals surface area contributed by atoms with E-state index in [-0.39, 0.29) is 11.4 Å². The molecule has 0 radical (unpaired) electrons. The highest BCUT2D eigenvalue weighted by Crippen LogP contribution is 2.21. The smallest absolute Gasteiger partial charge is 0.267 e. The minimum Gasteiger partial charge on any atom is -0.268 e. The van der Waals surface area contributed by atoms with E-state index in [1.807, 2.05) is 6.92 Å². The number of hydrogen-bond acceptors (Lipinski definition) is 2. The predicted octanol–water partition coefficient (Wildman–Crippen LogP) is 4.13. The van der Waals surface area contributed by atoms with Crippen molar-refractivity contribution in [3.8, 4) is 5.69 Å². The highest BCUT2D eigenvalue weighted by atomic mass is 35.5. The van der Waals surface area contributed by atoms with E-state index in [1.54, 1.807) is 30.3 Å². The van der Waals surface area contributed by atoms with Crippen molar-refractivity contribution in [2.75, 3.05) is 0 Å². The summed E-state index contributed by atoms with van der Waals surface area (Å²) in [5.41, 5.74) is 0.939. The van der Waals surface area contributed by atoms with Crippen LogP contribution in [0.4, 0.5) is 4.39 Å². The lowest BCUT2D eigenvalue weighted by atomic mass is 10.2. The molecule has 0 saturated carbocycles. The summed E-state index contributed by atoms with van der Waals surface area (Å²) in [6, 6.07) is 11.0. The molecule has 0 atom stereocenters. The molecular formula is C17H14ClFN2O. The first-order chi connectivity index (χ1) is 10.6. The molecule has 2 aromatic carbocycles. The summed E-state index contributed by atoms with van der Waals surface area (Å²) in [7, 11) is 0. The average Bonchev–Trinajstić information content (AvgIpc) is 2.49. The Morgan fingerprint density at radius 3 is 2.59 bits per heavy atom. The van der Waals surface area contributed by atoms with E-state index in [4.69, 9.17) is 11.6 Å². The maximum atomic E-state index is 13.1. The van der Waals surface area contributed by atoms with Gasteiger partial charge in [0.25, 0.3) is 5.56 Å². The van der Waals surface area contributed by atoms with Crippen molar-refractivity contribution < 1.29 is 4.39 Å². The zero-order valence-corrected chi connectivity index (χ0v) is 12.8. The SMILES string of the molecule is CCCc1nc2cccc(Cl)c2c(=O)n1-c1ccc(F)cc1. The van der Waals surface area contributed by atoms with Crippen LogP contribution in [0.1, 0.15) is 19.2 Å². The van der Waals surface area contributed by atoms with Gasteiger partial charge in [-0.1, -0.05) is 24.6 Å². The summed E-state index contributed by atoms with van der Waals surface area (Å²) in [6.07, 6.45) is 1.49. The summed E-state index contributed by atoms with van der Waals surface area (Å²) in [5.74, 6) is 0.300. The van der Waals surface area contributed by atoms with Gasteiger partial charge in [0.2, 0.25) is 0 Å². The Hall–Kier alpha value is -2.20. The van der Waals surface area contributed by atoms with E-state index in [1.165, 1.54) is 16.7 Å². The fourth-order valence-corrected chi connectivity index (χ4v) is 2.73. The van der Waals surface area contributed by atoms with E-state index in [9.17, 15) is 9.18 Å². The van der Waals surface area contributed by atoms with Crippen LogP contribution < -0.4 is 5.56 Å². The summed E-state index contributed by atoms with van der Waals surface area (Å²) >= 11 is 6.16. The Morgan fingerprint density at radius 2 is 1.91 bits per heavy atom. The average molecular weight is 317 g/mol. The van der Waals surface area contributed by atoms with Gasteiger partial charge in [0.1, 0.15) is 11.6 Å². The van der Waals surface area contributed by atoms with Gasteiger partial charge in [0.05, 0.1) is 21.6 Å². The highest BCUT2D eigenvalue weighted by Gasteiger charge is 2.14. The Bertz CT molecular complexity index is 888. The molecule has 0 amide bonds. The standard InChI is InChI=1S/C17H14ClFN2O/c1-2-4-15-20-14-6-3-5-13(18)16(14)17(22)21(15)12-9-7-11(19)8-10-12/h3,5-10H,2,4H2,1H3. The maximum absolute atomic E-state index is 13.1. The molecule has 22 heavy (non-hydrogen) atoms. The molecule has 112 valence electrons. The predicted molar refractivity (Wildman–Crippen MR) is 86.3 cm³/mol. The molecule has 0 spiro atoms. The van der Waals surface area contributed by atoms with Gasteiger partial charge in [-0.3, -0.25) is 9.36 Å². The lowest BCUT2D eigenvalue weighted by Crippen LogP contribution is -2.24. The van der Waals surface area contributed by atoms with Crippen LogP contribution in [0.2, 0.25) is 5.02 Å². The summed E-state index contributed by atoms with van der Waals surface area (Å²) in [6.45, 7) is 2.02. The zero-order valence-electron chi connectivity index (χ0n) is 12.0. The normalized spacial score (nSPS) is 11.0. The van der Waals surface area contributed by atoms with Crippen molar-refractivity contribution in [3.63, 3.8) is 0 Å². The molecule has 1 aromatic heterocycles. The molecule has 5 heteroatoms. The lowest BCUT2D eigenvalue weighted by Gasteiger charge is -2.13. The number of rotatable bonds is 3. The molecule has 0 bridgehead atoms. The summed E-state index contributed by atoms with van der Waals surface area (Å²) in [5, 5.41) is 0.752. The van der Waals surface area contributed by atoms with Gasteiger partial charge in [-0.2, -0.15) is 0 Å². The molecule has 3 nitrogen and oxygen atoms in total. The molecule has 0 N–H and O–H groups in total. The number of aryl methyl sites for hydroxylation is 1. The van der Waals surface area contributed by atoms with E-state index >= 15 is 0 Å². The third-order valence-corrected chi connectivity index (χ3v) is 3.79. The maximum Gasteiger partial charge on any atom is 0.267 e. The molecular weight excluding hydrogens is 303 g/mol. The third-order valence-electron chi connectivity index (χ3n) is 3.47. The lowest BCUT2D eigenvalue weighted by molar-refractivity contribution is 0.627. The van der Waals surface area contributed by atoms with Crippen molar-refractivity contribution in [1.82, 2.24) is 9.55 Å². The molecule has 0 aliphatic heterocycles. The Morgan fingerprint density at radius 1 is 1.18 bits per heavy atom. The molecule has 0 unspecified atom stereocenters. The van der Waals surface area contributed by atoms with Gasteiger partial charge >= 0.3 is 0 Å². The second-order valence-corrected chi connectivity index (χ2v) is 5.44. The van der Waals surface area contributed by atoms with Crippen LogP contribution >= 0.6 is 11.6 Å². The summed E-state index contributed by atoms with van der Waals surface area (Å²) < 4.78 is 14.7. The van der Waals surface area contributed by atoms with Crippen LogP contribution in [-0.2, 0) is 6.42 Å². The minimum absolute atomic E-state index is 0.231. The second kappa shape index (κ2) is 5.89. The van der Waals surface area contributed by atoms with Gasteiger partial charge in [-0.25, -0.2) is 9.37 Å². The van der Waals surface area contributed by atoms with Crippen molar-refractivity contribution in [1.29, 1.82) is 0 Å². The summed E-state index contributed by atoms with van der Waals surface area (Å²) in [4.78, 5) is 17.4. The monoisotopic (exact) mass is 316 g/mol. The number of halogens is 2. The number of aromatic nitrogens is 2. The number of fused-ring (bicyclic) bond motifs is 1. The van der Waals surface area contributed by atoms with Gasteiger partial charge in [-0.15, -0.1) is 0 Å². The number of nitrogens with zero attached hydrogens (tertiary/aromatic N) is 2. The highest BCUT2D eigenvalue weighted by molar-refractivity contribution is 6.35. The van der Waals surface area contributed by atoms with Crippen LogP contribution in [0, 0.1) is 5.82 Å². The fourth-order valence-electron chi connectivity index (χ4n) is 2.48. The first-order valence-electron chi connectivity index (χ1n) is 7.08. The molecule has 1 heterocycles. The first-order valence-corrected chi connectivity index (χ1v) is 7.45. The van der Waals surface area contributed by atoms with Crippen LogP contribution in [0.5, 0.6) is 0 Å². The largest absolute Gasteiger partial charge is 0.268 e. The van der Waals surface area contributed by atoms with Crippen LogP contribution in [0.15, 0.2) is 47.3 Å². The van der Waals surface area contributed by atoms with Gasteiger partial charge in [-0.05, 0) is 42.8 Å². The van der Waals surface area contributed by atoms with Crippen molar-refractivity contribution >= 4 is 22.5 Å². The topological polar surface area (TPSA) is 34.9 Å². The molecule has 0 fully saturated rings. The van der Waals surface area contributed by atoms with Crippen LogP contribution in [-0.4, -0.2) is 9.55 Å². The van der Waals surface area contributed by atoms with E-state index in [2.05, 4.69) is 4.98 Å². The molecule has 3 aromatic rings. The molecule has 0 aliphatic carbocycles. The Labute approximate surface area is 132 Å². The van der Waals surface area contributed by atoms with Crippen molar-refractivity contribution in [2.24, 2.45) is 0 Å². The first kappa shape index (κ1) is 14.7. The van der Waals surface area contributed by atoms with E-state index < -0.39 is 0 Å². The van der Waals surface area contributed by atoms with Crippen LogP contribution in [0.3, 0.4) is 0 Å². The second-order valence-electron chi connectivity index (χ2n) is 5.03. The number of benzene rings is 2. The quantitative estimate of drug-likeness (QED) is 0.728. The van der Waals surface area contributed by atoms with Gasteiger partial charge in [0, 0.05) is 6.42 Å². The molecule has 3 rings (SSSR count).